The van der Waals surface area contributed by atoms with E-state index >= 15 is 0 Å². The number of aliphatic hydroxyl groups is 1. The van der Waals surface area contributed by atoms with E-state index in [2.05, 4.69) is 15.9 Å². The summed E-state index contributed by atoms with van der Waals surface area (Å²) >= 11 is 15.7. The van der Waals surface area contributed by atoms with Crippen LogP contribution in [0.25, 0.3) is 0 Å². The minimum absolute atomic E-state index is 0.418. The summed E-state index contributed by atoms with van der Waals surface area (Å²) in [6.45, 7) is 1.80. The van der Waals surface area contributed by atoms with Gasteiger partial charge in [0.1, 0.15) is 0 Å². The van der Waals surface area contributed by atoms with Crippen LogP contribution >= 0.6 is 39.1 Å². The average Bonchev–Trinajstić information content (AvgIpc) is 2.37. The van der Waals surface area contributed by atoms with Gasteiger partial charge in [0.25, 0.3) is 0 Å². The molecule has 1 atom stereocenters. The zero-order chi connectivity index (χ0) is 14.8. The van der Waals surface area contributed by atoms with Crippen LogP contribution in [-0.4, -0.2) is 10.7 Å². The fourth-order valence-corrected chi connectivity index (χ4v) is 2.98. The molecule has 0 aromatic heterocycles. The van der Waals surface area contributed by atoms with Gasteiger partial charge in [0.15, 0.2) is 0 Å². The molecule has 0 fully saturated rings. The van der Waals surface area contributed by atoms with Gasteiger partial charge < -0.3 is 5.11 Å². The Morgan fingerprint density at radius 3 is 2.10 bits per heavy atom. The molecule has 0 saturated heterocycles. The first-order chi connectivity index (χ1) is 9.37. The quantitative estimate of drug-likeness (QED) is 0.771. The Hall–Kier alpha value is -0.540. The van der Waals surface area contributed by atoms with Crippen molar-refractivity contribution < 1.29 is 5.11 Å². The normalized spacial score (nSPS) is 14.1. The summed E-state index contributed by atoms with van der Waals surface area (Å²) in [5, 5.41) is 11.8. The average molecular weight is 374 g/mol. The lowest BCUT2D eigenvalue weighted by molar-refractivity contribution is 0.0609. The van der Waals surface area contributed by atoms with Gasteiger partial charge in [-0.15, -0.1) is 0 Å². The SMILES string of the molecule is CC(O)(Cc1ccc(Br)cc1)Cc1c(Cl)cccc1Cl. The highest BCUT2D eigenvalue weighted by Crippen LogP contribution is 2.29. The maximum Gasteiger partial charge on any atom is 0.0701 e. The predicted octanol–water partition coefficient (Wildman–Crippen LogP) is 5.29. The number of hydrogen-bond acceptors (Lipinski definition) is 1. The first-order valence-corrected chi connectivity index (χ1v) is 7.82. The molecular weight excluding hydrogens is 359 g/mol. The molecule has 0 aliphatic rings. The Labute approximate surface area is 137 Å². The van der Waals surface area contributed by atoms with Gasteiger partial charge >= 0.3 is 0 Å². The van der Waals surface area contributed by atoms with Crippen molar-refractivity contribution in [3.8, 4) is 0 Å². The smallest absolute Gasteiger partial charge is 0.0701 e. The maximum absolute atomic E-state index is 10.6. The Morgan fingerprint density at radius 2 is 1.55 bits per heavy atom. The van der Waals surface area contributed by atoms with Crippen molar-refractivity contribution in [3.63, 3.8) is 0 Å². The summed E-state index contributed by atoms with van der Waals surface area (Å²) in [6, 6.07) is 13.3. The van der Waals surface area contributed by atoms with Crippen LogP contribution in [0.5, 0.6) is 0 Å². The van der Waals surface area contributed by atoms with E-state index in [0.717, 1.165) is 15.6 Å². The molecule has 0 spiro atoms. The molecule has 0 bridgehead atoms. The fourth-order valence-electron chi connectivity index (χ4n) is 2.19. The van der Waals surface area contributed by atoms with E-state index < -0.39 is 5.60 Å². The molecule has 20 heavy (non-hydrogen) atoms. The highest BCUT2D eigenvalue weighted by Gasteiger charge is 2.24. The van der Waals surface area contributed by atoms with Gasteiger partial charge in [0.2, 0.25) is 0 Å². The van der Waals surface area contributed by atoms with Gasteiger partial charge in [0, 0.05) is 27.4 Å². The van der Waals surface area contributed by atoms with Crippen LogP contribution in [0, 0.1) is 0 Å². The highest BCUT2D eigenvalue weighted by molar-refractivity contribution is 9.10. The molecule has 1 N–H and O–H groups in total. The van der Waals surface area contributed by atoms with E-state index in [1.54, 1.807) is 25.1 Å². The van der Waals surface area contributed by atoms with E-state index in [4.69, 9.17) is 23.2 Å². The minimum Gasteiger partial charge on any atom is -0.389 e. The van der Waals surface area contributed by atoms with E-state index in [-0.39, 0.29) is 0 Å². The monoisotopic (exact) mass is 372 g/mol. The summed E-state index contributed by atoms with van der Waals surface area (Å²) in [7, 11) is 0. The molecule has 0 aliphatic carbocycles. The number of halogens is 3. The third-order valence-corrected chi connectivity index (χ3v) is 4.35. The van der Waals surface area contributed by atoms with Crippen molar-refractivity contribution in [2.75, 3.05) is 0 Å². The Kier molecular flexibility index (Phi) is 5.14. The predicted molar refractivity (Wildman–Crippen MR) is 88.6 cm³/mol. The van der Waals surface area contributed by atoms with E-state index in [1.165, 1.54) is 0 Å². The lowest BCUT2D eigenvalue weighted by Gasteiger charge is -2.24. The second kappa shape index (κ2) is 6.48. The zero-order valence-electron chi connectivity index (χ0n) is 11.0. The summed E-state index contributed by atoms with van der Waals surface area (Å²) in [5.41, 5.74) is 0.960. The molecule has 0 aliphatic heterocycles. The fraction of sp³-hybridized carbons (Fsp3) is 0.250. The standard InChI is InChI=1S/C16H15BrCl2O/c1-16(20,9-11-5-7-12(17)8-6-11)10-13-14(18)3-2-4-15(13)19/h2-8,20H,9-10H2,1H3. The molecule has 2 rings (SSSR count). The van der Waals surface area contributed by atoms with Crippen LogP contribution < -0.4 is 0 Å². The van der Waals surface area contributed by atoms with Gasteiger partial charge in [0.05, 0.1) is 5.60 Å². The molecule has 2 aromatic rings. The van der Waals surface area contributed by atoms with Crippen molar-refractivity contribution >= 4 is 39.1 Å². The summed E-state index contributed by atoms with van der Waals surface area (Å²) in [4.78, 5) is 0. The summed E-state index contributed by atoms with van der Waals surface area (Å²) in [5.74, 6) is 0. The molecule has 2 aromatic carbocycles. The second-order valence-corrected chi connectivity index (χ2v) is 6.91. The van der Waals surface area contributed by atoms with Gasteiger partial charge in [-0.3, -0.25) is 0 Å². The lowest BCUT2D eigenvalue weighted by atomic mass is 9.90. The molecule has 1 unspecified atom stereocenters. The van der Waals surface area contributed by atoms with Crippen LogP contribution in [0.1, 0.15) is 18.1 Å². The van der Waals surface area contributed by atoms with Crippen molar-refractivity contribution in [2.45, 2.75) is 25.4 Å². The Bertz CT molecular complexity index is 574. The topological polar surface area (TPSA) is 20.2 Å². The highest BCUT2D eigenvalue weighted by atomic mass is 79.9. The van der Waals surface area contributed by atoms with Crippen LogP contribution in [0.2, 0.25) is 10.0 Å². The van der Waals surface area contributed by atoms with Crippen LogP contribution in [0.15, 0.2) is 46.9 Å². The van der Waals surface area contributed by atoms with Gasteiger partial charge in [-0.2, -0.15) is 0 Å². The Morgan fingerprint density at radius 1 is 1.00 bits per heavy atom. The first kappa shape index (κ1) is 15.8. The molecule has 0 radical (unpaired) electrons. The molecule has 4 heteroatoms. The molecule has 0 saturated carbocycles. The molecule has 0 heterocycles. The van der Waals surface area contributed by atoms with E-state index in [9.17, 15) is 5.11 Å². The number of benzene rings is 2. The summed E-state index contributed by atoms with van der Waals surface area (Å²) < 4.78 is 1.02. The van der Waals surface area contributed by atoms with Crippen molar-refractivity contribution in [1.82, 2.24) is 0 Å². The number of hydrogen-bond donors (Lipinski definition) is 1. The Balaban J connectivity index is 2.16. The second-order valence-electron chi connectivity index (χ2n) is 5.18. The van der Waals surface area contributed by atoms with Crippen LogP contribution in [-0.2, 0) is 12.8 Å². The summed E-state index contributed by atoms with van der Waals surface area (Å²) in [6.07, 6.45) is 0.962. The minimum atomic E-state index is -0.900. The first-order valence-electron chi connectivity index (χ1n) is 6.27. The molecular formula is C16H15BrCl2O. The maximum atomic E-state index is 10.6. The number of rotatable bonds is 4. The van der Waals surface area contributed by atoms with Gasteiger partial charge in [-0.05, 0) is 42.3 Å². The van der Waals surface area contributed by atoms with Crippen molar-refractivity contribution in [3.05, 3.63) is 68.1 Å². The largest absolute Gasteiger partial charge is 0.389 e. The van der Waals surface area contributed by atoms with E-state index in [0.29, 0.717) is 22.9 Å². The third kappa shape index (κ3) is 4.23. The molecule has 1 nitrogen and oxygen atoms in total. The van der Waals surface area contributed by atoms with Crippen LogP contribution in [0.3, 0.4) is 0 Å². The van der Waals surface area contributed by atoms with Crippen LogP contribution in [0.4, 0.5) is 0 Å². The van der Waals surface area contributed by atoms with Gasteiger partial charge in [-0.1, -0.05) is 57.3 Å². The van der Waals surface area contributed by atoms with Gasteiger partial charge in [-0.25, -0.2) is 0 Å². The lowest BCUT2D eigenvalue weighted by Crippen LogP contribution is -2.30. The zero-order valence-corrected chi connectivity index (χ0v) is 14.1. The third-order valence-electron chi connectivity index (χ3n) is 3.12. The van der Waals surface area contributed by atoms with Crippen molar-refractivity contribution in [1.29, 1.82) is 0 Å². The van der Waals surface area contributed by atoms with Crippen molar-refractivity contribution in [2.24, 2.45) is 0 Å². The molecule has 0 amide bonds. The molecule has 106 valence electrons. The van der Waals surface area contributed by atoms with E-state index in [1.807, 2.05) is 24.3 Å².